The highest BCUT2D eigenvalue weighted by molar-refractivity contribution is 6.10. The van der Waals surface area contributed by atoms with Gasteiger partial charge < -0.3 is 4.42 Å². The molecule has 0 atom stereocenters. The van der Waals surface area contributed by atoms with Crippen LogP contribution in [0.5, 0.6) is 0 Å². The van der Waals surface area contributed by atoms with Crippen LogP contribution in [0.3, 0.4) is 0 Å². The molecular weight excluding hydrogens is 572 g/mol. The number of benzene rings is 5. The van der Waals surface area contributed by atoms with Crippen molar-refractivity contribution in [3.63, 3.8) is 0 Å². The Labute approximate surface area is 277 Å². The first-order valence-corrected chi connectivity index (χ1v) is 17.8. The molecule has 7 aromatic rings. The zero-order valence-corrected chi connectivity index (χ0v) is 27.4. The van der Waals surface area contributed by atoms with Gasteiger partial charge in [0, 0.05) is 10.8 Å². The Morgan fingerprint density at radius 3 is 2.17 bits per heavy atom. The number of aryl methyl sites for hydroxylation is 1. The van der Waals surface area contributed by atoms with Crippen molar-refractivity contribution in [2.75, 3.05) is 0 Å². The topological polar surface area (TPSA) is 21.9 Å². The Balaban J connectivity index is 1.10. The van der Waals surface area contributed by atoms with Gasteiger partial charge in [0.1, 0.15) is 16.8 Å². The predicted molar refractivity (Wildman–Crippen MR) is 194 cm³/mol. The Morgan fingerprint density at radius 2 is 1.36 bits per heavy atom. The minimum absolute atomic E-state index is 0.686. The summed E-state index contributed by atoms with van der Waals surface area (Å²) in [7, 11) is 2.18. The molecule has 0 N–H and O–H groups in total. The SMILES string of the molecule is C[n+]1c(-c2cccc3c2oc2ccc(-c4ccccc4)cc23)n(-c2ccc(C3CCC(C4CCCCC4)CC3)cc2)c2ccccc21. The number of nitrogens with zero attached hydrogens (tertiary/aromatic N) is 2. The van der Waals surface area contributed by atoms with Gasteiger partial charge >= 0.3 is 0 Å². The third-order valence-electron chi connectivity index (χ3n) is 11.6. The van der Waals surface area contributed by atoms with Crippen molar-refractivity contribution in [2.45, 2.75) is 63.7 Å². The normalized spacial score (nSPS) is 19.2. The molecule has 234 valence electrons. The molecule has 0 amide bonds. The van der Waals surface area contributed by atoms with Crippen LogP contribution in [0, 0.1) is 11.8 Å². The minimum atomic E-state index is 0.686. The average Bonchev–Trinajstić information content (AvgIpc) is 3.67. The molecule has 2 fully saturated rings. The van der Waals surface area contributed by atoms with E-state index in [1.54, 1.807) is 0 Å². The first-order chi connectivity index (χ1) is 23.2. The third-order valence-corrected chi connectivity index (χ3v) is 11.6. The van der Waals surface area contributed by atoms with Crippen molar-refractivity contribution >= 4 is 33.0 Å². The quantitative estimate of drug-likeness (QED) is 0.177. The van der Waals surface area contributed by atoms with E-state index in [2.05, 4.69) is 131 Å². The summed E-state index contributed by atoms with van der Waals surface area (Å²) < 4.78 is 11.4. The monoisotopic (exact) mass is 615 g/mol. The Bertz CT molecular complexity index is 2190. The second-order valence-corrected chi connectivity index (χ2v) is 14.2. The summed E-state index contributed by atoms with van der Waals surface area (Å²) in [4.78, 5) is 0. The number of hydrogen-bond donors (Lipinski definition) is 0. The molecule has 0 radical (unpaired) electrons. The van der Waals surface area contributed by atoms with E-state index in [4.69, 9.17) is 4.42 Å². The number of fused-ring (bicyclic) bond motifs is 4. The van der Waals surface area contributed by atoms with Gasteiger partial charge in [-0.2, -0.15) is 4.57 Å². The second kappa shape index (κ2) is 11.9. The van der Waals surface area contributed by atoms with Crippen molar-refractivity contribution in [3.8, 4) is 28.2 Å². The largest absolute Gasteiger partial charge is 0.455 e. The van der Waals surface area contributed by atoms with Crippen LogP contribution in [-0.4, -0.2) is 4.57 Å². The molecule has 0 saturated heterocycles. The first-order valence-electron chi connectivity index (χ1n) is 17.8. The van der Waals surface area contributed by atoms with Gasteiger partial charge in [0.15, 0.2) is 16.6 Å². The van der Waals surface area contributed by atoms with Gasteiger partial charge in [-0.3, -0.25) is 0 Å². The summed E-state index contributed by atoms with van der Waals surface area (Å²) in [6, 6.07) is 42.0. The molecule has 2 saturated carbocycles. The van der Waals surface area contributed by atoms with Crippen LogP contribution in [0.25, 0.3) is 61.2 Å². The molecule has 0 bridgehead atoms. The first kappa shape index (κ1) is 28.6. The molecule has 2 aromatic heterocycles. The van der Waals surface area contributed by atoms with Gasteiger partial charge in [0.25, 0.3) is 5.82 Å². The maximum atomic E-state index is 6.69. The van der Waals surface area contributed by atoms with E-state index in [0.717, 1.165) is 45.2 Å². The maximum Gasteiger partial charge on any atom is 0.298 e. The molecular formula is C44H43N2O+. The summed E-state index contributed by atoms with van der Waals surface area (Å²) in [5.74, 6) is 3.77. The molecule has 0 aliphatic heterocycles. The van der Waals surface area contributed by atoms with Gasteiger partial charge in [0.05, 0.1) is 7.05 Å². The van der Waals surface area contributed by atoms with Gasteiger partial charge in [-0.15, -0.1) is 0 Å². The van der Waals surface area contributed by atoms with Crippen molar-refractivity contribution in [3.05, 3.63) is 121 Å². The standard InChI is InChI=1S/C44H43N2O/c1-45-40-17-8-9-18-41(40)46(36-26-23-34(24-27-36)33-21-19-32(20-22-33)30-11-4-2-5-12-30)44(45)38-16-10-15-37-39-29-35(31-13-6-3-7-14-31)25-28-42(39)47-43(37)38/h3,6-10,13-18,23-30,32-33H,2,4-5,11-12,19-22H2,1H3/q+1. The molecule has 2 aliphatic carbocycles. The number of para-hydroxylation sites is 3. The van der Waals surface area contributed by atoms with Gasteiger partial charge in [0.2, 0.25) is 0 Å². The fraction of sp³-hybridized carbons (Fsp3) is 0.295. The summed E-state index contributed by atoms with van der Waals surface area (Å²) in [6.45, 7) is 0. The van der Waals surface area contributed by atoms with Gasteiger partial charge in [-0.1, -0.05) is 105 Å². The number of furan rings is 1. The fourth-order valence-corrected chi connectivity index (χ4v) is 9.09. The average molecular weight is 616 g/mol. The van der Waals surface area contributed by atoms with E-state index < -0.39 is 0 Å². The Morgan fingerprint density at radius 1 is 0.617 bits per heavy atom. The summed E-state index contributed by atoms with van der Waals surface area (Å²) >= 11 is 0. The molecule has 2 aliphatic rings. The van der Waals surface area contributed by atoms with Crippen LogP contribution in [0.4, 0.5) is 0 Å². The van der Waals surface area contributed by atoms with E-state index in [1.807, 2.05) is 0 Å². The zero-order chi connectivity index (χ0) is 31.3. The lowest BCUT2D eigenvalue weighted by atomic mass is 9.70. The van der Waals surface area contributed by atoms with E-state index in [0.29, 0.717) is 5.92 Å². The number of hydrogen-bond acceptors (Lipinski definition) is 1. The van der Waals surface area contributed by atoms with Crippen molar-refractivity contribution in [1.82, 2.24) is 4.57 Å². The number of rotatable bonds is 5. The molecule has 3 heteroatoms. The lowest BCUT2D eigenvalue weighted by Gasteiger charge is -2.36. The third kappa shape index (κ3) is 4.99. The molecule has 2 heterocycles. The fourth-order valence-electron chi connectivity index (χ4n) is 9.09. The lowest BCUT2D eigenvalue weighted by Crippen LogP contribution is -2.30. The van der Waals surface area contributed by atoms with Crippen LogP contribution < -0.4 is 4.57 Å². The lowest BCUT2D eigenvalue weighted by molar-refractivity contribution is -0.633. The van der Waals surface area contributed by atoms with E-state index in [1.165, 1.54) is 91.2 Å². The number of aromatic nitrogens is 2. The molecule has 0 spiro atoms. The smallest absolute Gasteiger partial charge is 0.298 e. The predicted octanol–water partition coefficient (Wildman–Crippen LogP) is 11.5. The summed E-state index contributed by atoms with van der Waals surface area (Å²) in [5.41, 5.74) is 10.5. The Hall–Kier alpha value is -4.63. The van der Waals surface area contributed by atoms with Crippen LogP contribution in [0.15, 0.2) is 120 Å². The zero-order valence-electron chi connectivity index (χ0n) is 27.4. The van der Waals surface area contributed by atoms with Crippen LogP contribution in [-0.2, 0) is 7.05 Å². The van der Waals surface area contributed by atoms with E-state index in [9.17, 15) is 0 Å². The van der Waals surface area contributed by atoms with E-state index in [-0.39, 0.29) is 0 Å². The number of imidazole rings is 1. The highest BCUT2D eigenvalue weighted by atomic mass is 16.3. The Kier molecular flexibility index (Phi) is 7.22. The second-order valence-electron chi connectivity index (χ2n) is 14.2. The molecule has 3 nitrogen and oxygen atoms in total. The maximum absolute atomic E-state index is 6.69. The molecule has 0 unspecified atom stereocenters. The van der Waals surface area contributed by atoms with Crippen molar-refractivity contribution < 1.29 is 8.98 Å². The van der Waals surface area contributed by atoms with Crippen LogP contribution in [0.2, 0.25) is 0 Å². The van der Waals surface area contributed by atoms with Gasteiger partial charge in [-0.25, -0.2) is 4.57 Å². The summed E-state index contributed by atoms with van der Waals surface area (Å²) in [6.07, 6.45) is 12.8. The van der Waals surface area contributed by atoms with Crippen LogP contribution in [0.1, 0.15) is 69.3 Å². The molecule has 47 heavy (non-hydrogen) atoms. The van der Waals surface area contributed by atoms with Gasteiger partial charge in [-0.05, 0) is 103 Å². The summed E-state index contributed by atoms with van der Waals surface area (Å²) in [5, 5.41) is 2.29. The molecule has 9 rings (SSSR count). The minimum Gasteiger partial charge on any atom is -0.455 e. The van der Waals surface area contributed by atoms with Crippen molar-refractivity contribution in [1.29, 1.82) is 0 Å². The highest BCUT2D eigenvalue weighted by Gasteiger charge is 2.31. The van der Waals surface area contributed by atoms with E-state index >= 15 is 0 Å². The molecule has 5 aromatic carbocycles. The van der Waals surface area contributed by atoms with Crippen LogP contribution >= 0.6 is 0 Å². The highest BCUT2D eigenvalue weighted by Crippen LogP contribution is 2.43. The van der Waals surface area contributed by atoms with Crippen molar-refractivity contribution in [2.24, 2.45) is 18.9 Å².